The number of fused-ring (bicyclic) bond motifs is 6. The van der Waals surface area contributed by atoms with Gasteiger partial charge in [-0.15, -0.1) is 0 Å². The molecule has 3 aromatic rings. The van der Waals surface area contributed by atoms with Crippen molar-refractivity contribution in [2.45, 2.75) is 44.4 Å². The maximum atomic E-state index is 5.45. The van der Waals surface area contributed by atoms with Crippen molar-refractivity contribution in [2.24, 2.45) is 29.1 Å². The lowest BCUT2D eigenvalue weighted by atomic mass is 9.56. The van der Waals surface area contributed by atoms with Crippen molar-refractivity contribution in [3.05, 3.63) is 174 Å². The normalized spacial score (nSPS) is 32.4. The molecule has 236 valence electrons. The molecule has 6 aliphatic rings. The van der Waals surface area contributed by atoms with E-state index >= 15 is 0 Å². The molecule has 0 spiro atoms. The highest BCUT2D eigenvalue weighted by atomic mass is 14.9. The van der Waals surface area contributed by atoms with Crippen LogP contribution in [0.25, 0.3) is 22.8 Å². The van der Waals surface area contributed by atoms with E-state index in [0.29, 0.717) is 17.8 Å². The van der Waals surface area contributed by atoms with E-state index in [1.54, 1.807) is 0 Å². The summed E-state index contributed by atoms with van der Waals surface area (Å²) < 4.78 is 0. The molecule has 2 aromatic heterocycles. The third kappa shape index (κ3) is 4.82. The standard InChI is InChI=1S/C45H41N3/c1-44(42-20-10-12-26-46-42)24-21-30(22-25-44)43-47-40(37-27-31-13-3-4-14-32(31)33-15-5-6-16-34(33)37)28-41(48-43)38-29-45(2)23-11-9-19-39(45)36-18-8-7-17-35(36)38/h3-8,10-18,20-24,26-29,33-36,39H,9,19,25H2,1-2H3. The summed E-state index contributed by atoms with van der Waals surface area (Å²) in [6.45, 7) is 4.69. The molecular weight excluding hydrogens is 583 g/mol. The highest BCUT2D eigenvalue weighted by molar-refractivity contribution is 5.88. The molecule has 48 heavy (non-hydrogen) atoms. The molecule has 0 saturated heterocycles. The fraction of sp³-hybridized carbons (Fsp3) is 0.267. The second-order valence-electron chi connectivity index (χ2n) is 14.8. The van der Waals surface area contributed by atoms with Crippen LogP contribution in [-0.2, 0) is 5.41 Å². The quantitative estimate of drug-likeness (QED) is 0.272. The van der Waals surface area contributed by atoms with Gasteiger partial charge >= 0.3 is 0 Å². The topological polar surface area (TPSA) is 38.7 Å². The van der Waals surface area contributed by atoms with E-state index in [0.717, 1.165) is 41.3 Å². The lowest BCUT2D eigenvalue weighted by Gasteiger charge is -2.48. The minimum atomic E-state index is -0.164. The first-order valence-electron chi connectivity index (χ1n) is 17.6. The molecule has 0 fully saturated rings. The summed E-state index contributed by atoms with van der Waals surface area (Å²) in [6, 6.07) is 17.3. The first-order chi connectivity index (χ1) is 23.5. The van der Waals surface area contributed by atoms with E-state index in [-0.39, 0.29) is 22.7 Å². The van der Waals surface area contributed by atoms with Crippen molar-refractivity contribution < 1.29 is 0 Å². The number of aromatic nitrogens is 3. The lowest BCUT2D eigenvalue weighted by Crippen LogP contribution is -2.39. The number of pyridine rings is 1. The Morgan fingerprint density at radius 2 is 1.54 bits per heavy atom. The Morgan fingerprint density at radius 1 is 0.771 bits per heavy atom. The van der Waals surface area contributed by atoms with Gasteiger partial charge in [0.1, 0.15) is 0 Å². The summed E-state index contributed by atoms with van der Waals surface area (Å²) >= 11 is 0. The van der Waals surface area contributed by atoms with Crippen LogP contribution < -0.4 is 0 Å². The average molecular weight is 624 g/mol. The Morgan fingerprint density at radius 3 is 2.35 bits per heavy atom. The van der Waals surface area contributed by atoms with Crippen molar-refractivity contribution in [2.75, 3.05) is 0 Å². The molecule has 0 amide bonds. The molecule has 0 N–H and O–H groups in total. The molecule has 0 saturated carbocycles. The Hall–Kier alpha value is -4.89. The third-order valence-corrected chi connectivity index (χ3v) is 11.8. The molecule has 0 bridgehead atoms. The van der Waals surface area contributed by atoms with Gasteiger partial charge in [-0.05, 0) is 77.6 Å². The number of rotatable bonds is 4. The van der Waals surface area contributed by atoms with Crippen LogP contribution in [0.1, 0.15) is 73.1 Å². The Bertz CT molecular complexity index is 2070. The first-order valence-corrected chi connectivity index (χ1v) is 17.6. The van der Waals surface area contributed by atoms with Crippen molar-refractivity contribution in [3.8, 4) is 0 Å². The molecule has 9 rings (SSSR count). The molecule has 6 aliphatic carbocycles. The minimum absolute atomic E-state index is 0.00486. The zero-order chi connectivity index (χ0) is 32.3. The molecule has 0 radical (unpaired) electrons. The molecule has 3 heteroatoms. The zero-order valence-electron chi connectivity index (χ0n) is 27.7. The van der Waals surface area contributed by atoms with Crippen LogP contribution in [0.5, 0.6) is 0 Å². The van der Waals surface area contributed by atoms with Crippen LogP contribution in [0.4, 0.5) is 0 Å². The van der Waals surface area contributed by atoms with Crippen molar-refractivity contribution >= 4 is 22.8 Å². The maximum absolute atomic E-state index is 5.45. The van der Waals surface area contributed by atoms with Crippen LogP contribution in [0.3, 0.4) is 0 Å². The van der Waals surface area contributed by atoms with Gasteiger partial charge < -0.3 is 0 Å². The molecule has 0 aliphatic heterocycles. The van der Waals surface area contributed by atoms with E-state index < -0.39 is 0 Å². The minimum Gasteiger partial charge on any atom is -0.260 e. The smallest absolute Gasteiger partial charge is 0.160 e. The van der Waals surface area contributed by atoms with Crippen LogP contribution in [0.15, 0.2) is 140 Å². The lowest BCUT2D eigenvalue weighted by molar-refractivity contribution is 0.191. The number of nitrogens with zero attached hydrogens (tertiary/aromatic N) is 3. The SMILES string of the molecule is CC1(c2ccccn2)C=CC(c2nc(C3=Cc4ccccc4C4C=CC=CC34)cc(C3=CC4(C)C=CCCC4C4C=CC=CC34)n2)=CC1. The van der Waals surface area contributed by atoms with E-state index in [9.17, 15) is 0 Å². The van der Waals surface area contributed by atoms with E-state index in [4.69, 9.17) is 15.0 Å². The number of hydrogen-bond acceptors (Lipinski definition) is 3. The van der Waals surface area contributed by atoms with Gasteiger partial charge in [0, 0.05) is 40.4 Å². The molecule has 2 heterocycles. The monoisotopic (exact) mass is 623 g/mol. The second-order valence-corrected chi connectivity index (χ2v) is 14.8. The van der Waals surface area contributed by atoms with Gasteiger partial charge in [-0.2, -0.15) is 0 Å². The molecular formula is C45H41N3. The summed E-state index contributed by atoms with van der Waals surface area (Å²) in [5, 5.41) is 0. The van der Waals surface area contributed by atoms with Crippen molar-refractivity contribution in [1.82, 2.24) is 15.0 Å². The summed E-state index contributed by atoms with van der Waals surface area (Å²) in [5.41, 5.74) is 9.30. The summed E-state index contributed by atoms with van der Waals surface area (Å²) in [7, 11) is 0. The van der Waals surface area contributed by atoms with E-state index in [1.807, 2.05) is 12.3 Å². The van der Waals surface area contributed by atoms with Gasteiger partial charge in [0.15, 0.2) is 5.82 Å². The van der Waals surface area contributed by atoms with Gasteiger partial charge in [0.25, 0.3) is 0 Å². The highest BCUT2D eigenvalue weighted by Gasteiger charge is 2.45. The zero-order valence-corrected chi connectivity index (χ0v) is 27.7. The molecule has 3 nitrogen and oxygen atoms in total. The van der Waals surface area contributed by atoms with Crippen LogP contribution in [0, 0.1) is 29.1 Å². The maximum Gasteiger partial charge on any atom is 0.160 e. The van der Waals surface area contributed by atoms with Crippen LogP contribution >= 0.6 is 0 Å². The predicted molar refractivity (Wildman–Crippen MR) is 197 cm³/mol. The van der Waals surface area contributed by atoms with Crippen LogP contribution in [0.2, 0.25) is 0 Å². The average Bonchev–Trinajstić information content (AvgIpc) is 3.14. The third-order valence-electron chi connectivity index (χ3n) is 11.8. The van der Waals surface area contributed by atoms with Crippen molar-refractivity contribution in [3.63, 3.8) is 0 Å². The largest absolute Gasteiger partial charge is 0.260 e. The Labute approximate surface area is 284 Å². The number of benzene rings is 1. The predicted octanol–water partition coefficient (Wildman–Crippen LogP) is 10.3. The Kier molecular flexibility index (Phi) is 6.93. The highest BCUT2D eigenvalue weighted by Crippen LogP contribution is 2.55. The molecule has 7 atom stereocenters. The van der Waals surface area contributed by atoms with Gasteiger partial charge in [-0.1, -0.05) is 129 Å². The fourth-order valence-corrected chi connectivity index (χ4v) is 9.12. The van der Waals surface area contributed by atoms with E-state index in [1.165, 1.54) is 28.7 Å². The number of hydrogen-bond donors (Lipinski definition) is 0. The van der Waals surface area contributed by atoms with Crippen LogP contribution in [-0.4, -0.2) is 15.0 Å². The van der Waals surface area contributed by atoms with Gasteiger partial charge in [-0.3, -0.25) is 4.98 Å². The number of allylic oxidation sites excluding steroid dienone is 17. The summed E-state index contributed by atoms with van der Waals surface area (Å²) in [4.78, 5) is 15.6. The van der Waals surface area contributed by atoms with Gasteiger partial charge in [0.2, 0.25) is 0 Å². The second kappa shape index (κ2) is 11.4. The summed E-state index contributed by atoms with van der Waals surface area (Å²) in [6.07, 6.45) is 40.2. The van der Waals surface area contributed by atoms with E-state index in [2.05, 4.69) is 147 Å². The first kappa shape index (κ1) is 29.3. The van der Waals surface area contributed by atoms with Gasteiger partial charge in [-0.25, -0.2) is 9.97 Å². The summed E-state index contributed by atoms with van der Waals surface area (Å²) in [5.74, 6) is 2.65. The Balaban J connectivity index is 1.21. The molecule has 1 aromatic carbocycles. The van der Waals surface area contributed by atoms with Crippen molar-refractivity contribution in [1.29, 1.82) is 0 Å². The molecule has 7 unspecified atom stereocenters. The van der Waals surface area contributed by atoms with Gasteiger partial charge in [0.05, 0.1) is 17.1 Å². The fourth-order valence-electron chi connectivity index (χ4n) is 9.12.